The van der Waals surface area contributed by atoms with Crippen LogP contribution in [-0.2, 0) is 4.79 Å². The minimum Gasteiger partial charge on any atom is -0.489 e. The lowest BCUT2D eigenvalue weighted by atomic mass is 9.49. The highest BCUT2D eigenvalue weighted by Crippen LogP contribution is 2.55. The van der Waals surface area contributed by atoms with Crippen molar-refractivity contribution in [1.29, 1.82) is 5.26 Å². The normalized spacial score (nSPS) is 22.7. The Morgan fingerprint density at radius 2 is 1.93 bits per heavy atom. The number of carbonyl (C=O) groups is 1. The minimum atomic E-state index is -0.306. The number of carbonyl (C=O) groups excluding carboxylic acids is 1. The Kier molecular flexibility index (Phi) is 5.87. The van der Waals surface area contributed by atoms with Crippen LogP contribution in [0.4, 0.5) is 0 Å². The quantitative estimate of drug-likeness (QED) is 0.565. The van der Waals surface area contributed by atoms with Gasteiger partial charge in [-0.15, -0.1) is 0 Å². The molecule has 0 atom stereocenters. The Labute approximate surface area is 166 Å². The van der Waals surface area contributed by atoms with Gasteiger partial charge in [0.15, 0.2) is 0 Å². The second-order valence-electron chi connectivity index (χ2n) is 7.86. The summed E-state index contributed by atoms with van der Waals surface area (Å²) in [7, 11) is 0. The summed E-state index contributed by atoms with van der Waals surface area (Å²) >= 11 is 6.11. The number of ether oxygens (including phenoxy) is 1. The van der Waals surface area contributed by atoms with Crippen molar-refractivity contribution < 1.29 is 9.53 Å². The number of rotatable bonds is 6. The molecule has 1 aliphatic carbocycles. The van der Waals surface area contributed by atoms with Gasteiger partial charge in [-0.1, -0.05) is 70.7 Å². The van der Waals surface area contributed by atoms with Crippen LogP contribution in [0.1, 0.15) is 33.3 Å². The number of amides is 1. The summed E-state index contributed by atoms with van der Waals surface area (Å²) in [4.78, 5) is 12.5. The van der Waals surface area contributed by atoms with Gasteiger partial charge in [0.2, 0.25) is 0 Å². The van der Waals surface area contributed by atoms with Crippen molar-refractivity contribution in [1.82, 2.24) is 5.32 Å². The van der Waals surface area contributed by atoms with Crippen LogP contribution in [-0.4, -0.2) is 18.1 Å². The fraction of sp³-hybridized carbons (Fsp3) is 0.364. The Hall–Kier alpha value is -2.51. The van der Waals surface area contributed by atoms with Crippen LogP contribution in [0.15, 0.2) is 55.2 Å². The molecule has 0 heterocycles. The molecule has 2 rings (SSSR count). The standard InChI is InChI=1S/C22H25ClN2O2/c1-7-9-14(8-2)18(26)25-19-21(3,4)20(22(19,5)6)27-16-11-10-15(13-24)17(23)12-16/h7-12,19-20H,1-2H2,3-6H3,(H,25,26)/b14-9+/t19-,20-. The van der Waals surface area contributed by atoms with E-state index in [-0.39, 0.29) is 28.9 Å². The van der Waals surface area contributed by atoms with Crippen molar-refractivity contribution in [3.05, 3.63) is 65.7 Å². The van der Waals surface area contributed by atoms with Gasteiger partial charge in [0, 0.05) is 28.5 Å². The van der Waals surface area contributed by atoms with Crippen LogP contribution in [0.25, 0.3) is 0 Å². The zero-order chi connectivity index (χ0) is 20.4. The van der Waals surface area contributed by atoms with E-state index in [9.17, 15) is 4.79 Å². The highest BCUT2D eigenvalue weighted by molar-refractivity contribution is 6.31. The maximum atomic E-state index is 12.5. The number of hydrogen-bond acceptors (Lipinski definition) is 3. The third-order valence-electron chi connectivity index (χ3n) is 5.21. The number of nitrogens with one attached hydrogen (secondary N) is 1. The lowest BCUT2D eigenvalue weighted by Crippen LogP contribution is -2.74. The molecule has 0 aliphatic heterocycles. The molecule has 1 aliphatic rings. The van der Waals surface area contributed by atoms with Crippen LogP contribution in [0, 0.1) is 22.2 Å². The van der Waals surface area contributed by atoms with E-state index in [2.05, 4.69) is 46.2 Å². The maximum Gasteiger partial charge on any atom is 0.251 e. The zero-order valence-corrected chi connectivity index (χ0v) is 16.9. The molecule has 1 N–H and O–H groups in total. The van der Waals surface area contributed by atoms with E-state index in [4.69, 9.17) is 21.6 Å². The van der Waals surface area contributed by atoms with Crippen molar-refractivity contribution in [3.8, 4) is 11.8 Å². The summed E-state index contributed by atoms with van der Waals surface area (Å²) in [5.41, 5.74) is 0.270. The molecule has 5 heteroatoms. The van der Waals surface area contributed by atoms with Gasteiger partial charge in [-0.05, 0) is 12.1 Å². The van der Waals surface area contributed by atoms with Crippen LogP contribution in [0.5, 0.6) is 5.75 Å². The topological polar surface area (TPSA) is 62.1 Å². The van der Waals surface area contributed by atoms with E-state index < -0.39 is 0 Å². The van der Waals surface area contributed by atoms with Crippen LogP contribution in [0.3, 0.4) is 0 Å². The first kappa shape index (κ1) is 20.8. The van der Waals surface area contributed by atoms with E-state index in [1.54, 1.807) is 30.4 Å². The van der Waals surface area contributed by atoms with Crippen molar-refractivity contribution >= 4 is 17.5 Å². The highest BCUT2D eigenvalue weighted by atomic mass is 35.5. The van der Waals surface area contributed by atoms with Crippen molar-refractivity contribution in [2.24, 2.45) is 10.8 Å². The number of allylic oxidation sites excluding steroid dienone is 2. The zero-order valence-electron chi connectivity index (χ0n) is 16.2. The van der Waals surface area contributed by atoms with E-state index in [1.807, 2.05) is 6.07 Å². The predicted molar refractivity (Wildman–Crippen MR) is 109 cm³/mol. The van der Waals surface area contributed by atoms with E-state index in [1.165, 1.54) is 6.08 Å². The third-order valence-corrected chi connectivity index (χ3v) is 5.52. The summed E-state index contributed by atoms with van der Waals surface area (Å²) in [6, 6.07) is 6.98. The largest absolute Gasteiger partial charge is 0.489 e. The van der Waals surface area contributed by atoms with Crippen molar-refractivity contribution in [3.63, 3.8) is 0 Å². The van der Waals surface area contributed by atoms with Gasteiger partial charge in [0.05, 0.1) is 10.6 Å². The Balaban J connectivity index is 2.20. The lowest BCUT2D eigenvalue weighted by molar-refractivity contribution is -0.172. The monoisotopic (exact) mass is 384 g/mol. The molecule has 4 nitrogen and oxygen atoms in total. The molecule has 0 saturated heterocycles. The smallest absolute Gasteiger partial charge is 0.251 e. The maximum absolute atomic E-state index is 12.5. The molecule has 1 aromatic rings. The van der Waals surface area contributed by atoms with Gasteiger partial charge in [0.25, 0.3) is 5.91 Å². The first-order valence-corrected chi connectivity index (χ1v) is 9.09. The average molecular weight is 385 g/mol. The minimum absolute atomic E-state index is 0.0930. The van der Waals surface area contributed by atoms with Gasteiger partial charge in [-0.3, -0.25) is 4.79 Å². The van der Waals surface area contributed by atoms with Crippen LogP contribution in [0.2, 0.25) is 5.02 Å². The Morgan fingerprint density at radius 3 is 2.41 bits per heavy atom. The van der Waals surface area contributed by atoms with E-state index in [0.717, 1.165) is 0 Å². The molecule has 1 saturated carbocycles. The summed E-state index contributed by atoms with van der Waals surface area (Å²) in [6.07, 6.45) is 4.57. The number of hydrogen-bond donors (Lipinski definition) is 1. The molecule has 0 spiro atoms. The number of benzene rings is 1. The van der Waals surface area contributed by atoms with Crippen LogP contribution >= 0.6 is 11.6 Å². The summed E-state index contributed by atoms with van der Waals surface area (Å²) < 4.78 is 6.21. The van der Waals surface area contributed by atoms with E-state index >= 15 is 0 Å². The van der Waals surface area contributed by atoms with E-state index in [0.29, 0.717) is 21.9 Å². The molecule has 0 unspecified atom stereocenters. The molecular formula is C22H25ClN2O2. The summed E-state index contributed by atoms with van der Waals surface area (Å²) in [6.45, 7) is 15.5. The molecule has 1 fully saturated rings. The molecule has 27 heavy (non-hydrogen) atoms. The van der Waals surface area contributed by atoms with Gasteiger partial charge < -0.3 is 10.1 Å². The first-order chi connectivity index (χ1) is 12.6. The predicted octanol–water partition coefficient (Wildman–Crippen LogP) is 4.81. The van der Waals surface area contributed by atoms with Gasteiger partial charge in [-0.25, -0.2) is 0 Å². The molecule has 142 valence electrons. The summed E-state index contributed by atoms with van der Waals surface area (Å²) in [5, 5.41) is 12.5. The van der Waals surface area contributed by atoms with Crippen LogP contribution < -0.4 is 10.1 Å². The molecular weight excluding hydrogens is 360 g/mol. The fourth-order valence-corrected chi connectivity index (χ4v) is 4.39. The average Bonchev–Trinajstić information content (AvgIpc) is 2.61. The number of nitrogens with zero attached hydrogens (tertiary/aromatic N) is 1. The summed E-state index contributed by atoms with van der Waals surface area (Å²) in [5.74, 6) is 0.421. The third kappa shape index (κ3) is 3.79. The van der Waals surface area contributed by atoms with Crippen molar-refractivity contribution in [2.45, 2.75) is 39.8 Å². The highest BCUT2D eigenvalue weighted by Gasteiger charge is 2.64. The van der Waals surface area contributed by atoms with Gasteiger partial charge in [-0.2, -0.15) is 5.26 Å². The lowest BCUT2D eigenvalue weighted by Gasteiger charge is -2.63. The molecule has 0 aromatic heterocycles. The fourth-order valence-electron chi connectivity index (χ4n) is 4.17. The Bertz CT molecular complexity index is 830. The van der Waals surface area contributed by atoms with Gasteiger partial charge >= 0.3 is 0 Å². The molecule has 0 bridgehead atoms. The second-order valence-corrected chi connectivity index (χ2v) is 8.27. The molecule has 1 amide bonds. The molecule has 0 radical (unpaired) electrons. The van der Waals surface area contributed by atoms with Gasteiger partial charge in [0.1, 0.15) is 17.9 Å². The number of halogens is 1. The SMILES string of the molecule is C=C/C=C(\C=C)C(=O)N[C@H]1C(C)(C)[C@H](Oc2ccc(C#N)c(Cl)c2)C1(C)C. The second kappa shape index (κ2) is 7.62. The Morgan fingerprint density at radius 1 is 1.30 bits per heavy atom. The molecule has 1 aromatic carbocycles. The number of nitriles is 1. The van der Waals surface area contributed by atoms with Crippen molar-refractivity contribution in [2.75, 3.05) is 0 Å². The first-order valence-electron chi connectivity index (χ1n) is 8.72.